The molecule has 0 aliphatic heterocycles. The zero-order valence-electron chi connectivity index (χ0n) is 10.5. The second-order valence-corrected chi connectivity index (χ2v) is 4.19. The van der Waals surface area contributed by atoms with Crippen molar-refractivity contribution in [2.45, 2.75) is 38.7 Å². The average molecular weight is 230 g/mol. The summed E-state index contributed by atoms with van der Waals surface area (Å²) in [5.74, 6) is 0. The Morgan fingerprint density at radius 2 is 1.94 bits per heavy atom. The molecule has 1 heteroatoms. The third-order valence-electron chi connectivity index (χ3n) is 2.57. The highest BCUT2D eigenvalue weighted by Crippen LogP contribution is 2.04. The van der Waals surface area contributed by atoms with Gasteiger partial charge in [-0.15, -0.1) is 0 Å². The second kappa shape index (κ2) is 8.77. The molecule has 0 fully saturated rings. The first-order chi connectivity index (χ1) is 8.33. The number of benzene rings is 1. The predicted molar refractivity (Wildman–Crippen MR) is 74.8 cm³/mol. The zero-order chi connectivity index (χ0) is 12.3. The minimum atomic E-state index is -0.355. The van der Waals surface area contributed by atoms with Crippen LogP contribution in [-0.4, -0.2) is 11.2 Å². The summed E-state index contributed by atoms with van der Waals surface area (Å²) in [6.45, 7) is 2.17. The van der Waals surface area contributed by atoms with Crippen LogP contribution in [-0.2, 0) is 0 Å². The fourth-order valence-corrected chi connectivity index (χ4v) is 1.56. The number of allylic oxidation sites excluding steroid dienone is 1. The van der Waals surface area contributed by atoms with Crippen molar-refractivity contribution in [3.05, 3.63) is 54.1 Å². The Morgan fingerprint density at radius 1 is 1.18 bits per heavy atom. The molecule has 0 aromatic heterocycles. The first-order valence-electron chi connectivity index (χ1n) is 6.39. The second-order valence-electron chi connectivity index (χ2n) is 4.19. The van der Waals surface area contributed by atoms with Gasteiger partial charge in [0.25, 0.3) is 0 Å². The van der Waals surface area contributed by atoms with E-state index in [1.807, 2.05) is 36.4 Å². The van der Waals surface area contributed by atoms with Gasteiger partial charge in [-0.3, -0.25) is 0 Å². The lowest BCUT2D eigenvalue weighted by Gasteiger charge is -2.00. The molecule has 1 aromatic rings. The highest BCUT2D eigenvalue weighted by atomic mass is 16.3. The van der Waals surface area contributed by atoms with Crippen LogP contribution in [0.25, 0.3) is 6.08 Å². The molecule has 0 radical (unpaired) electrons. The summed E-state index contributed by atoms with van der Waals surface area (Å²) in [7, 11) is 0. The van der Waals surface area contributed by atoms with Crippen LogP contribution in [0, 0.1) is 0 Å². The van der Waals surface area contributed by atoms with Gasteiger partial charge < -0.3 is 5.11 Å². The van der Waals surface area contributed by atoms with Crippen LogP contribution >= 0.6 is 0 Å². The van der Waals surface area contributed by atoms with Crippen molar-refractivity contribution < 1.29 is 5.11 Å². The molecule has 0 aliphatic rings. The van der Waals surface area contributed by atoms with Crippen molar-refractivity contribution in [3.63, 3.8) is 0 Å². The average Bonchev–Trinajstić information content (AvgIpc) is 2.36. The normalized spacial score (nSPS) is 13.5. The number of aliphatic hydroxyl groups is 1. The minimum Gasteiger partial charge on any atom is -0.389 e. The van der Waals surface area contributed by atoms with Crippen molar-refractivity contribution in [3.8, 4) is 0 Å². The van der Waals surface area contributed by atoms with Gasteiger partial charge in [0.2, 0.25) is 0 Å². The molecule has 92 valence electrons. The lowest BCUT2D eigenvalue weighted by Crippen LogP contribution is -1.98. The van der Waals surface area contributed by atoms with E-state index in [0.29, 0.717) is 6.42 Å². The van der Waals surface area contributed by atoms with E-state index in [4.69, 9.17) is 0 Å². The Morgan fingerprint density at radius 3 is 2.65 bits per heavy atom. The van der Waals surface area contributed by atoms with Crippen LogP contribution in [0.15, 0.2) is 48.6 Å². The van der Waals surface area contributed by atoms with Crippen LogP contribution in [0.3, 0.4) is 0 Å². The fraction of sp³-hybridized carbons (Fsp3) is 0.375. The maximum absolute atomic E-state index is 9.69. The third kappa shape index (κ3) is 6.75. The summed E-state index contributed by atoms with van der Waals surface area (Å²) in [6, 6.07) is 10.1. The van der Waals surface area contributed by atoms with Crippen molar-refractivity contribution in [1.82, 2.24) is 0 Å². The number of aliphatic hydroxyl groups excluding tert-OH is 1. The minimum absolute atomic E-state index is 0.355. The lowest BCUT2D eigenvalue weighted by atomic mass is 10.1. The molecule has 0 heterocycles. The van der Waals surface area contributed by atoms with Crippen molar-refractivity contribution >= 4 is 6.08 Å². The smallest absolute Gasteiger partial charge is 0.0755 e. The Bertz CT molecular complexity index is 338. The molecule has 0 amide bonds. The van der Waals surface area contributed by atoms with Crippen LogP contribution in [0.5, 0.6) is 0 Å². The summed E-state index contributed by atoms with van der Waals surface area (Å²) in [5, 5.41) is 9.69. The van der Waals surface area contributed by atoms with E-state index in [-0.39, 0.29) is 6.10 Å². The molecule has 0 bridgehead atoms. The van der Waals surface area contributed by atoms with E-state index in [1.54, 1.807) is 0 Å². The van der Waals surface area contributed by atoms with Crippen molar-refractivity contribution in [2.75, 3.05) is 0 Å². The molecule has 1 atom stereocenters. The molecule has 0 saturated heterocycles. The molecule has 1 rings (SSSR count). The van der Waals surface area contributed by atoms with E-state index in [1.165, 1.54) is 18.4 Å². The maximum Gasteiger partial charge on any atom is 0.0755 e. The summed E-state index contributed by atoms with van der Waals surface area (Å²) in [5.41, 5.74) is 1.18. The molecule has 17 heavy (non-hydrogen) atoms. The fourth-order valence-electron chi connectivity index (χ4n) is 1.56. The van der Waals surface area contributed by atoms with Gasteiger partial charge in [0.15, 0.2) is 0 Å². The largest absolute Gasteiger partial charge is 0.389 e. The number of rotatable bonds is 7. The summed E-state index contributed by atoms with van der Waals surface area (Å²) < 4.78 is 0. The number of hydrogen-bond donors (Lipinski definition) is 1. The Labute approximate surface area is 104 Å². The Balaban J connectivity index is 2.26. The van der Waals surface area contributed by atoms with Gasteiger partial charge in [0, 0.05) is 0 Å². The monoisotopic (exact) mass is 230 g/mol. The quantitative estimate of drug-likeness (QED) is 0.550. The van der Waals surface area contributed by atoms with Gasteiger partial charge in [0.1, 0.15) is 0 Å². The molecule has 1 N–H and O–H groups in total. The molecule has 0 spiro atoms. The molecular formula is C16H22O. The van der Waals surface area contributed by atoms with Gasteiger partial charge in [0.05, 0.1) is 6.10 Å². The van der Waals surface area contributed by atoms with E-state index < -0.39 is 0 Å². The van der Waals surface area contributed by atoms with E-state index in [0.717, 1.165) is 6.42 Å². The Hall–Kier alpha value is -1.34. The molecule has 0 saturated carbocycles. The molecule has 1 nitrogen and oxygen atoms in total. The summed E-state index contributed by atoms with van der Waals surface area (Å²) in [4.78, 5) is 0. The van der Waals surface area contributed by atoms with Gasteiger partial charge in [-0.05, 0) is 18.4 Å². The van der Waals surface area contributed by atoms with Crippen molar-refractivity contribution in [1.29, 1.82) is 0 Å². The summed E-state index contributed by atoms with van der Waals surface area (Å²) >= 11 is 0. The molecule has 1 aromatic carbocycles. The molecule has 0 aliphatic carbocycles. The van der Waals surface area contributed by atoms with Crippen LogP contribution < -0.4 is 0 Å². The van der Waals surface area contributed by atoms with E-state index in [9.17, 15) is 5.11 Å². The van der Waals surface area contributed by atoms with Crippen LogP contribution in [0.1, 0.15) is 38.2 Å². The van der Waals surface area contributed by atoms with Gasteiger partial charge in [-0.25, -0.2) is 0 Å². The van der Waals surface area contributed by atoms with E-state index >= 15 is 0 Å². The van der Waals surface area contributed by atoms with Crippen LogP contribution in [0.2, 0.25) is 0 Å². The summed E-state index contributed by atoms with van der Waals surface area (Å²) in [6.07, 6.45) is 11.8. The van der Waals surface area contributed by atoms with Gasteiger partial charge in [-0.1, -0.05) is 74.4 Å². The molecular weight excluding hydrogens is 208 g/mol. The SMILES string of the molecule is CCCC/C=C/C(O)C/C=C/c1ccccc1. The third-order valence-corrected chi connectivity index (χ3v) is 2.57. The predicted octanol–water partition coefficient (Wildman–Crippen LogP) is 4.20. The molecule has 1 unspecified atom stereocenters. The highest BCUT2D eigenvalue weighted by molar-refractivity contribution is 5.48. The maximum atomic E-state index is 9.69. The van der Waals surface area contributed by atoms with Gasteiger partial charge in [-0.2, -0.15) is 0 Å². The van der Waals surface area contributed by atoms with Crippen LogP contribution in [0.4, 0.5) is 0 Å². The number of unbranched alkanes of at least 4 members (excludes halogenated alkanes) is 2. The first kappa shape index (κ1) is 13.7. The standard InChI is InChI=1S/C16H22O/c1-2-3-4-8-13-16(17)14-9-12-15-10-6-5-7-11-15/h5-13,16-17H,2-4,14H2,1H3/b12-9+,13-8+. The highest BCUT2D eigenvalue weighted by Gasteiger charge is 1.94. The zero-order valence-corrected chi connectivity index (χ0v) is 10.5. The topological polar surface area (TPSA) is 20.2 Å². The lowest BCUT2D eigenvalue weighted by molar-refractivity contribution is 0.227. The number of hydrogen-bond acceptors (Lipinski definition) is 1. The van der Waals surface area contributed by atoms with Crippen molar-refractivity contribution in [2.24, 2.45) is 0 Å². The Kier molecular flexibility index (Phi) is 7.08. The van der Waals surface area contributed by atoms with E-state index in [2.05, 4.69) is 25.1 Å². The first-order valence-corrected chi connectivity index (χ1v) is 6.39. The van der Waals surface area contributed by atoms with Gasteiger partial charge >= 0.3 is 0 Å².